The van der Waals surface area contributed by atoms with Gasteiger partial charge in [0.1, 0.15) is 11.6 Å². The van der Waals surface area contributed by atoms with E-state index >= 15 is 0 Å². The lowest BCUT2D eigenvalue weighted by molar-refractivity contribution is -0.274. The number of ether oxygens (including phenoxy) is 1. The Bertz CT molecular complexity index is 1100. The van der Waals surface area contributed by atoms with Gasteiger partial charge in [-0.05, 0) is 47.9 Å². The van der Waals surface area contributed by atoms with Crippen LogP contribution in [0.15, 0.2) is 53.1 Å². The predicted octanol–water partition coefficient (Wildman–Crippen LogP) is 5.71. The Morgan fingerprint density at radius 3 is 2.50 bits per heavy atom. The number of hydrogen-bond donors (Lipinski definition) is 0. The molecule has 1 amide bonds. The van der Waals surface area contributed by atoms with Crippen molar-refractivity contribution in [2.24, 2.45) is 0 Å². The molecule has 0 bridgehead atoms. The second kappa shape index (κ2) is 8.78. The molecule has 1 fully saturated rings. The minimum absolute atomic E-state index is 0.207. The van der Waals surface area contributed by atoms with E-state index in [1.807, 2.05) is 0 Å². The molecular formula is C21H16ClF4N3O3. The normalized spacial score (nSPS) is 19.1. The van der Waals surface area contributed by atoms with Crippen LogP contribution >= 0.6 is 11.6 Å². The van der Waals surface area contributed by atoms with Gasteiger partial charge in [0.05, 0.1) is 5.92 Å². The topological polar surface area (TPSA) is 68.5 Å². The zero-order valence-electron chi connectivity index (χ0n) is 16.4. The quantitative estimate of drug-likeness (QED) is 0.278. The largest absolute Gasteiger partial charge is 0.573 e. The lowest BCUT2D eigenvalue weighted by Gasteiger charge is -2.35. The van der Waals surface area contributed by atoms with Crippen molar-refractivity contribution in [3.63, 3.8) is 0 Å². The van der Waals surface area contributed by atoms with Crippen molar-refractivity contribution in [3.8, 4) is 17.1 Å². The lowest BCUT2D eigenvalue weighted by atomic mass is 9.84. The van der Waals surface area contributed by atoms with Gasteiger partial charge in [-0.25, -0.2) is 4.39 Å². The van der Waals surface area contributed by atoms with E-state index in [-0.39, 0.29) is 42.4 Å². The summed E-state index contributed by atoms with van der Waals surface area (Å²) < 4.78 is 60.0. The third-order valence-corrected chi connectivity index (χ3v) is 5.40. The number of amides is 1. The molecule has 1 aliphatic heterocycles. The molecule has 2 aromatic carbocycles. The van der Waals surface area contributed by atoms with E-state index in [9.17, 15) is 22.4 Å². The van der Waals surface area contributed by atoms with Crippen LogP contribution in [0.2, 0.25) is 0 Å². The predicted molar refractivity (Wildman–Crippen MR) is 106 cm³/mol. The van der Waals surface area contributed by atoms with E-state index in [0.29, 0.717) is 17.5 Å². The number of benzene rings is 2. The molecule has 2 unspecified atom stereocenters. The molecule has 168 valence electrons. The highest BCUT2D eigenvalue weighted by molar-refractivity contribution is 6.62. The summed E-state index contributed by atoms with van der Waals surface area (Å²) in [5, 5.41) is 3.24. The molecule has 2 atom stereocenters. The highest BCUT2D eigenvalue weighted by Gasteiger charge is 2.35. The van der Waals surface area contributed by atoms with Crippen molar-refractivity contribution >= 4 is 17.0 Å². The summed E-state index contributed by atoms with van der Waals surface area (Å²) in [6, 6.07) is 11.2. The molecule has 0 aliphatic carbocycles. The minimum atomic E-state index is -4.78. The monoisotopic (exact) mass is 469 g/mol. The van der Waals surface area contributed by atoms with Crippen LogP contribution in [0.1, 0.15) is 29.7 Å². The number of nitrogens with zero attached hydrogens (tertiary/aromatic N) is 3. The minimum Gasteiger partial charge on any atom is -0.406 e. The van der Waals surface area contributed by atoms with Gasteiger partial charge in [0.25, 0.3) is 0 Å². The van der Waals surface area contributed by atoms with Crippen LogP contribution in [-0.2, 0) is 0 Å². The summed E-state index contributed by atoms with van der Waals surface area (Å²) in [7, 11) is 0. The van der Waals surface area contributed by atoms with Gasteiger partial charge in [-0.2, -0.15) is 4.98 Å². The molecule has 4 rings (SSSR count). The van der Waals surface area contributed by atoms with Crippen LogP contribution < -0.4 is 4.74 Å². The maximum absolute atomic E-state index is 13.5. The van der Waals surface area contributed by atoms with E-state index in [2.05, 4.69) is 14.9 Å². The number of carbonyl (C=O) groups is 1. The summed E-state index contributed by atoms with van der Waals surface area (Å²) in [6.45, 7) is 0.516. The molecule has 1 aromatic heterocycles. The first-order chi connectivity index (χ1) is 15.2. The molecule has 0 N–H and O–H groups in total. The average molecular weight is 470 g/mol. The Morgan fingerprint density at radius 1 is 1.12 bits per heavy atom. The van der Waals surface area contributed by atoms with Gasteiger partial charge in [-0.1, -0.05) is 29.4 Å². The number of carbonyl (C=O) groups excluding carboxylic acids is 1. The highest BCUT2D eigenvalue weighted by Crippen LogP contribution is 2.37. The summed E-state index contributed by atoms with van der Waals surface area (Å²) in [6.07, 6.45) is -4.29. The Hall–Kier alpha value is -3.14. The zero-order chi connectivity index (χ0) is 22.9. The van der Waals surface area contributed by atoms with Crippen LogP contribution in [-0.4, -0.2) is 39.9 Å². The second-order valence-corrected chi connectivity index (χ2v) is 7.69. The molecule has 2 heterocycles. The maximum Gasteiger partial charge on any atom is 0.573 e. The van der Waals surface area contributed by atoms with Crippen molar-refractivity contribution in [2.45, 2.75) is 24.6 Å². The van der Waals surface area contributed by atoms with Crippen molar-refractivity contribution in [3.05, 3.63) is 65.8 Å². The number of alkyl halides is 3. The van der Waals surface area contributed by atoms with Crippen molar-refractivity contribution in [2.75, 3.05) is 13.1 Å². The van der Waals surface area contributed by atoms with E-state index in [0.717, 1.165) is 0 Å². The van der Waals surface area contributed by atoms with Gasteiger partial charge < -0.3 is 14.2 Å². The molecule has 0 saturated carbocycles. The molecular weight excluding hydrogens is 454 g/mol. The fourth-order valence-electron chi connectivity index (χ4n) is 3.75. The summed E-state index contributed by atoms with van der Waals surface area (Å²) in [4.78, 5) is 17.6. The van der Waals surface area contributed by atoms with Crippen LogP contribution in [0, 0.1) is 5.82 Å². The van der Waals surface area contributed by atoms with Crippen LogP contribution in [0.25, 0.3) is 11.4 Å². The number of likely N-dealkylation sites (tertiary alicyclic amines) is 1. The van der Waals surface area contributed by atoms with E-state index in [1.54, 1.807) is 6.07 Å². The molecule has 3 aromatic rings. The molecule has 6 nitrogen and oxygen atoms in total. The average Bonchev–Trinajstić information content (AvgIpc) is 3.23. The second-order valence-electron chi connectivity index (χ2n) is 7.37. The standard InChI is InChI=1S/C21H16ClF4N3O3/c22-20(30)29-10-14(12-4-6-17(7-5-12)31-21(24,25)26)8-15(11-29)19-27-18(28-32-19)13-2-1-3-16(23)9-13/h1-7,9,14-15H,8,10-11H2. The number of aromatic nitrogens is 2. The highest BCUT2D eigenvalue weighted by atomic mass is 35.5. The van der Waals surface area contributed by atoms with Gasteiger partial charge in [0.15, 0.2) is 0 Å². The smallest absolute Gasteiger partial charge is 0.406 e. The fraction of sp³-hybridized carbons (Fsp3) is 0.286. The first-order valence-corrected chi connectivity index (χ1v) is 9.95. The van der Waals surface area contributed by atoms with E-state index in [1.165, 1.54) is 47.4 Å². The van der Waals surface area contributed by atoms with Gasteiger partial charge in [0.2, 0.25) is 11.7 Å². The van der Waals surface area contributed by atoms with Crippen LogP contribution in [0.3, 0.4) is 0 Å². The molecule has 32 heavy (non-hydrogen) atoms. The number of rotatable bonds is 4. The Kier molecular flexibility index (Phi) is 6.05. The van der Waals surface area contributed by atoms with Gasteiger partial charge >= 0.3 is 11.7 Å². The van der Waals surface area contributed by atoms with Gasteiger partial charge in [0, 0.05) is 24.6 Å². The molecule has 11 heteroatoms. The lowest BCUT2D eigenvalue weighted by Crippen LogP contribution is -2.40. The first-order valence-electron chi connectivity index (χ1n) is 9.57. The Labute approximate surface area is 184 Å². The number of halogens is 5. The van der Waals surface area contributed by atoms with Crippen molar-refractivity contribution in [1.82, 2.24) is 15.0 Å². The first kappa shape index (κ1) is 22.1. The summed E-state index contributed by atoms with van der Waals surface area (Å²) in [5.74, 6) is -0.912. The maximum atomic E-state index is 13.5. The zero-order valence-corrected chi connectivity index (χ0v) is 17.1. The third kappa shape index (κ3) is 5.18. The van der Waals surface area contributed by atoms with Gasteiger partial charge in [-0.15, -0.1) is 13.2 Å². The van der Waals surface area contributed by atoms with Crippen molar-refractivity contribution in [1.29, 1.82) is 0 Å². The molecule has 0 radical (unpaired) electrons. The fourth-order valence-corrected chi connectivity index (χ4v) is 3.89. The number of piperidine rings is 1. The molecule has 1 saturated heterocycles. The molecule has 1 aliphatic rings. The Balaban J connectivity index is 1.56. The van der Waals surface area contributed by atoms with Crippen LogP contribution in [0.4, 0.5) is 22.4 Å². The van der Waals surface area contributed by atoms with Crippen molar-refractivity contribution < 1.29 is 31.6 Å². The SMILES string of the molecule is O=C(Cl)N1CC(c2ccc(OC(F)(F)F)cc2)CC(c2nc(-c3cccc(F)c3)no2)C1. The Morgan fingerprint density at radius 2 is 1.84 bits per heavy atom. The number of hydrogen-bond acceptors (Lipinski definition) is 5. The summed E-state index contributed by atoms with van der Waals surface area (Å²) in [5.41, 5.74) is 1.15. The van der Waals surface area contributed by atoms with E-state index in [4.69, 9.17) is 16.1 Å². The molecule has 0 spiro atoms. The van der Waals surface area contributed by atoms with Gasteiger partial charge in [-0.3, -0.25) is 4.79 Å². The van der Waals surface area contributed by atoms with E-state index < -0.39 is 17.5 Å². The summed E-state index contributed by atoms with van der Waals surface area (Å²) >= 11 is 5.71. The van der Waals surface area contributed by atoms with Crippen LogP contribution in [0.5, 0.6) is 5.75 Å². The third-order valence-electron chi connectivity index (χ3n) is 5.16.